The number of hydrogen-bond donors (Lipinski definition) is 1. The summed E-state index contributed by atoms with van der Waals surface area (Å²) in [5.41, 5.74) is 6.05. The highest BCUT2D eigenvalue weighted by Crippen LogP contribution is 2.34. The van der Waals surface area contributed by atoms with Crippen molar-refractivity contribution in [1.82, 2.24) is 0 Å². The fourth-order valence-electron chi connectivity index (χ4n) is 5.09. The normalized spacial score (nSPS) is 14.9. The largest absolute Gasteiger partial charge is 0.478 e. The van der Waals surface area contributed by atoms with E-state index in [4.69, 9.17) is 5.11 Å². The molecule has 4 rings (SSSR count). The number of carbonyl (C=O) groups is 2. The summed E-state index contributed by atoms with van der Waals surface area (Å²) in [6.45, 7) is 2.07. The lowest BCUT2D eigenvalue weighted by Crippen LogP contribution is -2.39. The lowest BCUT2D eigenvalue weighted by molar-refractivity contribution is -0.131. The molecule has 1 atom stereocenters. The summed E-state index contributed by atoms with van der Waals surface area (Å²) in [5, 5.41) is 9.04. The quantitative estimate of drug-likeness (QED) is 0.335. The van der Waals surface area contributed by atoms with E-state index in [1.165, 1.54) is 6.42 Å². The van der Waals surface area contributed by atoms with E-state index in [1.807, 2.05) is 43.3 Å². The van der Waals surface area contributed by atoms with Gasteiger partial charge in [-0.25, -0.2) is 4.79 Å². The zero-order valence-electron chi connectivity index (χ0n) is 21.9. The molecule has 0 saturated heterocycles. The molecule has 1 unspecified atom stereocenters. The number of nitrogens with zero attached hydrogens (tertiary/aromatic N) is 2. The fraction of sp³-hybridized carbons (Fsp3) is 0.312. The lowest BCUT2D eigenvalue weighted by Gasteiger charge is -2.34. The average molecular weight is 497 g/mol. The second kappa shape index (κ2) is 11.9. The number of benzene rings is 3. The second-order valence-electron chi connectivity index (χ2n) is 10.0. The van der Waals surface area contributed by atoms with Crippen LogP contribution < -0.4 is 9.80 Å². The van der Waals surface area contributed by atoms with Crippen molar-refractivity contribution in [2.24, 2.45) is 5.92 Å². The van der Waals surface area contributed by atoms with Gasteiger partial charge >= 0.3 is 5.97 Å². The molecule has 1 amide bonds. The molecule has 0 spiro atoms. The Balaban J connectivity index is 1.64. The number of rotatable bonds is 8. The Morgan fingerprint density at radius 1 is 0.865 bits per heavy atom. The van der Waals surface area contributed by atoms with Crippen LogP contribution in [0.1, 0.15) is 56.2 Å². The average Bonchev–Trinajstić information content (AvgIpc) is 2.93. The second-order valence-corrected chi connectivity index (χ2v) is 10.0. The third-order valence-corrected chi connectivity index (χ3v) is 7.26. The Labute approximate surface area is 220 Å². The highest BCUT2D eigenvalue weighted by molar-refractivity contribution is 5.96. The molecule has 1 aliphatic carbocycles. The first-order valence-corrected chi connectivity index (χ1v) is 13.1. The minimum Gasteiger partial charge on any atom is -0.478 e. The fourth-order valence-corrected chi connectivity index (χ4v) is 5.09. The number of carbonyl (C=O) groups excluding carboxylic acids is 1. The van der Waals surface area contributed by atoms with Crippen LogP contribution in [0, 0.1) is 5.92 Å². The molecule has 192 valence electrons. The summed E-state index contributed by atoms with van der Waals surface area (Å²) in [7, 11) is 4.06. The SMILES string of the molecule is CC(c1ccc(-c2ccc(N(C)C)cc2)cc1)N(C(=O)C1CCCCC1)c1cccc(C=CC(=O)O)c1. The summed E-state index contributed by atoms with van der Waals surface area (Å²) >= 11 is 0. The third kappa shape index (κ3) is 6.48. The molecule has 5 heteroatoms. The van der Waals surface area contributed by atoms with Crippen molar-refractivity contribution >= 4 is 29.3 Å². The van der Waals surface area contributed by atoms with Gasteiger partial charge in [-0.15, -0.1) is 0 Å². The first-order chi connectivity index (χ1) is 17.8. The predicted molar refractivity (Wildman–Crippen MR) is 152 cm³/mol. The molecule has 1 fully saturated rings. The summed E-state index contributed by atoms with van der Waals surface area (Å²) in [5.74, 6) is -0.829. The van der Waals surface area contributed by atoms with Gasteiger partial charge in [-0.2, -0.15) is 0 Å². The molecule has 0 aromatic heterocycles. The van der Waals surface area contributed by atoms with Gasteiger partial charge in [-0.3, -0.25) is 4.79 Å². The topological polar surface area (TPSA) is 60.9 Å². The number of carboxylic acid groups (broad SMARTS) is 1. The van der Waals surface area contributed by atoms with E-state index in [0.29, 0.717) is 0 Å². The van der Waals surface area contributed by atoms with Gasteiger partial charge in [-0.1, -0.05) is 67.8 Å². The van der Waals surface area contributed by atoms with E-state index in [0.717, 1.165) is 65.4 Å². The van der Waals surface area contributed by atoms with Gasteiger partial charge in [0, 0.05) is 37.5 Å². The third-order valence-electron chi connectivity index (χ3n) is 7.26. The minimum atomic E-state index is -0.995. The van der Waals surface area contributed by atoms with E-state index in [1.54, 1.807) is 6.08 Å². The molecule has 37 heavy (non-hydrogen) atoms. The van der Waals surface area contributed by atoms with E-state index in [-0.39, 0.29) is 17.9 Å². The number of amides is 1. The molecule has 1 N–H and O–H groups in total. The molecule has 0 aliphatic heterocycles. The monoisotopic (exact) mass is 496 g/mol. The Morgan fingerprint density at radius 2 is 1.49 bits per heavy atom. The Kier molecular flexibility index (Phi) is 8.44. The minimum absolute atomic E-state index is 0.0175. The van der Waals surface area contributed by atoms with Crippen molar-refractivity contribution in [2.75, 3.05) is 23.9 Å². The van der Waals surface area contributed by atoms with Crippen LogP contribution in [0.4, 0.5) is 11.4 Å². The Morgan fingerprint density at radius 3 is 2.08 bits per heavy atom. The smallest absolute Gasteiger partial charge is 0.328 e. The molecule has 0 bridgehead atoms. The zero-order chi connectivity index (χ0) is 26.4. The van der Waals surface area contributed by atoms with E-state index < -0.39 is 5.97 Å². The molecule has 1 saturated carbocycles. The molecule has 1 aliphatic rings. The van der Waals surface area contributed by atoms with Crippen molar-refractivity contribution in [3.63, 3.8) is 0 Å². The molecule has 3 aromatic rings. The van der Waals surface area contributed by atoms with Crippen LogP contribution in [0.2, 0.25) is 0 Å². The highest BCUT2D eigenvalue weighted by atomic mass is 16.4. The number of anilines is 2. The first kappa shape index (κ1) is 26.2. The maximum Gasteiger partial charge on any atom is 0.328 e. The van der Waals surface area contributed by atoms with Crippen molar-refractivity contribution < 1.29 is 14.7 Å². The van der Waals surface area contributed by atoms with Gasteiger partial charge in [-0.05, 0) is 72.4 Å². The molecular formula is C32H36N2O3. The van der Waals surface area contributed by atoms with Crippen LogP contribution >= 0.6 is 0 Å². The number of hydrogen-bond acceptors (Lipinski definition) is 3. The molecule has 3 aromatic carbocycles. The Hall–Kier alpha value is -3.86. The van der Waals surface area contributed by atoms with E-state index in [2.05, 4.69) is 60.4 Å². The number of carboxylic acids is 1. The van der Waals surface area contributed by atoms with Crippen molar-refractivity contribution in [2.45, 2.75) is 45.1 Å². The standard InChI is InChI=1S/C32H36N2O3/c1-23(25-13-15-26(16-14-25)27-17-19-29(20-18-27)33(2)3)34(32(37)28-9-5-4-6-10-28)30-11-7-8-24(22-30)12-21-31(35)36/h7-8,11-23,28H,4-6,9-10H2,1-3H3,(H,35,36). The highest BCUT2D eigenvalue weighted by Gasteiger charge is 2.30. The molecule has 0 heterocycles. The van der Waals surface area contributed by atoms with Crippen LogP contribution in [0.25, 0.3) is 17.2 Å². The van der Waals surface area contributed by atoms with Gasteiger partial charge in [0.1, 0.15) is 0 Å². The van der Waals surface area contributed by atoms with Crippen molar-refractivity contribution in [3.8, 4) is 11.1 Å². The summed E-state index contributed by atoms with van der Waals surface area (Å²) in [6.07, 6.45) is 7.88. The van der Waals surface area contributed by atoms with Gasteiger partial charge in [0.15, 0.2) is 0 Å². The molecular weight excluding hydrogens is 460 g/mol. The van der Waals surface area contributed by atoms with Gasteiger partial charge in [0.25, 0.3) is 0 Å². The van der Waals surface area contributed by atoms with E-state index >= 15 is 0 Å². The van der Waals surface area contributed by atoms with Crippen molar-refractivity contribution in [3.05, 3.63) is 90.0 Å². The summed E-state index contributed by atoms with van der Waals surface area (Å²) < 4.78 is 0. The van der Waals surface area contributed by atoms with E-state index in [9.17, 15) is 9.59 Å². The van der Waals surface area contributed by atoms with Crippen LogP contribution in [-0.2, 0) is 9.59 Å². The lowest BCUT2D eigenvalue weighted by atomic mass is 9.87. The van der Waals surface area contributed by atoms with Crippen molar-refractivity contribution in [1.29, 1.82) is 0 Å². The van der Waals surface area contributed by atoms with Crippen LogP contribution in [0.5, 0.6) is 0 Å². The summed E-state index contributed by atoms with van der Waals surface area (Å²) in [6, 6.07) is 24.3. The maximum absolute atomic E-state index is 13.9. The van der Waals surface area contributed by atoms with Crippen LogP contribution in [0.3, 0.4) is 0 Å². The number of aliphatic carboxylic acids is 1. The molecule has 0 radical (unpaired) electrons. The van der Waals surface area contributed by atoms with Crippen LogP contribution in [-0.4, -0.2) is 31.1 Å². The van der Waals surface area contributed by atoms with Gasteiger partial charge < -0.3 is 14.9 Å². The molecule has 5 nitrogen and oxygen atoms in total. The van der Waals surface area contributed by atoms with Gasteiger partial charge in [0.2, 0.25) is 5.91 Å². The van der Waals surface area contributed by atoms with Gasteiger partial charge in [0.05, 0.1) is 6.04 Å². The summed E-state index contributed by atoms with van der Waals surface area (Å²) in [4.78, 5) is 28.9. The maximum atomic E-state index is 13.9. The van der Waals surface area contributed by atoms with Crippen LogP contribution in [0.15, 0.2) is 78.9 Å². The zero-order valence-corrected chi connectivity index (χ0v) is 21.9. The predicted octanol–water partition coefficient (Wildman–Crippen LogP) is 7.19. The Bertz CT molecular complexity index is 1240. The first-order valence-electron chi connectivity index (χ1n) is 13.1.